The molecular weight excluding hydrogens is 307 g/mol. The molecule has 0 spiro atoms. The molecule has 2 rings (SSSR count). The number of ketones is 1. The summed E-state index contributed by atoms with van der Waals surface area (Å²) in [7, 11) is -2.69. The number of hydrogen-bond acceptors (Lipinski definition) is 6. The van der Waals surface area contributed by atoms with Gasteiger partial charge in [-0.05, 0) is 32.9 Å². The maximum Gasteiger partial charge on any atom is 0.327 e. The Balaban J connectivity index is 0.000000239. The Morgan fingerprint density at radius 3 is 2.32 bits per heavy atom. The molecule has 0 saturated carbocycles. The highest BCUT2D eigenvalue weighted by Gasteiger charge is 2.23. The summed E-state index contributed by atoms with van der Waals surface area (Å²) in [5, 5.41) is 0. The van der Waals surface area contributed by atoms with Crippen molar-refractivity contribution in [3.8, 4) is 0 Å². The van der Waals surface area contributed by atoms with Crippen LogP contribution in [-0.2, 0) is 27.9 Å². The second-order valence-corrected chi connectivity index (χ2v) is 6.76. The summed E-state index contributed by atoms with van der Waals surface area (Å²) >= 11 is 0. The molecule has 22 heavy (non-hydrogen) atoms. The highest BCUT2D eigenvalue weighted by atomic mass is 31.2. The van der Waals surface area contributed by atoms with E-state index in [0.29, 0.717) is 25.4 Å². The minimum atomic E-state index is -2.69. The van der Waals surface area contributed by atoms with Crippen molar-refractivity contribution in [2.45, 2.75) is 27.2 Å². The lowest BCUT2D eigenvalue weighted by Crippen LogP contribution is -2.16. The topological polar surface area (TPSA) is 78.9 Å². The average Bonchev–Trinajstić information content (AvgIpc) is 2.38. The number of fused-ring (bicyclic) bond motifs is 1. The van der Waals surface area contributed by atoms with Crippen LogP contribution in [0.1, 0.15) is 27.2 Å². The third-order valence-corrected chi connectivity index (χ3v) is 4.23. The van der Waals surface area contributed by atoms with Crippen LogP contribution in [0.2, 0.25) is 0 Å². The van der Waals surface area contributed by atoms with E-state index in [2.05, 4.69) is 0 Å². The van der Waals surface area contributed by atoms with E-state index in [-0.39, 0.29) is 11.8 Å². The highest BCUT2D eigenvalue weighted by molar-refractivity contribution is 7.52. The highest BCUT2D eigenvalue weighted by Crippen LogP contribution is 2.43. The summed E-state index contributed by atoms with van der Waals surface area (Å²) in [5.74, 6) is -0.0434. The van der Waals surface area contributed by atoms with Crippen molar-refractivity contribution in [2.24, 2.45) is 0 Å². The fourth-order valence-electron chi connectivity index (χ4n) is 1.92. The summed E-state index contributed by atoms with van der Waals surface area (Å²) in [4.78, 5) is 22.0. The predicted octanol–water partition coefficient (Wildman–Crippen LogP) is 3.15. The maximum atomic E-state index is 11.0. The van der Waals surface area contributed by atoms with E-state index < -0.39 is 7.60 Å². The predicted molar refractivity (Wildman–Crippen MR) is 82.4 cm³/mol. The van der Waals surface area contributed by atoms with Crippen LogP contribution < -0.4 is 0 Å². The Bertz CT molecular complexity index is 575. The van der Waals surface area contributed by atoms with E-state index in [0.717, 1.165) is 11.1 Å². The van der Waals surface area contributed by atoms with E-state index in [9.17, 15) is 14.2 Å². The van der Waals surface area contributed by atoms with Crippen LogP contribution in [0, 0.1) is 0 Å². The monoisotopic (exact) mass is 328 g/mol. The van der Waals surface area contributed by atoms with Crippen molar-refractivity contribution in [1.82, 2.24) is 0 Å². The van der Waals surface area contributed by atoms with Crippen LogP contribution in [0.5, 0.6) is 0 Å². The number of carbonyl (C=O) groups is 2. The van der Waals surface area contributed by atoms with Crippen molar-refractivity contribution in [3.63, 3.8) is 0 Å². The minimum Gasteiger partial charge on any atom is -0.426 e. The fourth-order valence-corrected chi connectivity index (χ4v) is 2.93. The van der Waals surface area contributed by atoms with Gasteiger partial charge in [0.15, 0.2) is 5.78 Å². The average molecular weight is 328 g/mol. The van der Waals surface area contributed by atoms with Gasteiger partial charge in [0, 0.05) is 18.3 Å². The first-order valence-electron chi connectivity index (χ1n) is 7.00. The first-order chi connectivity index (χ1) is 10.3. The Kier molecular flexibility index (Phi) is 6.94. The van der Waals surface area contributed by atoms with Gasteiger partial charge in [-0.3, -0.25) is 14.2 Å². The lowest BCUT2D eigenvalue weighted by atomic mass is 9.97. The zero-order valence-electron chi connectivity index (χ0n) is 13.3. The van der Waals surface area contributed by atoms with E-state index in [1.165, 1.54) is 18.8 Å². The molecule has 0 aromatic heterocycles. The van der Waals surface area contributed by atoms with Crippen LogP contribution in [0.15, 0.2) is 35.1 Å². The van der Waals surface area contributed by atoms with E-state index in [1.54, 1.807) is 19.9 Å². The fraction of sp³-hybridized carbons (Fsp3) is 0.467. The summed E-state index contributed by atoms with van der Waals surface area (Å²) in [6.45, 7) is 7.79. The van der Waals surface area contributed by atoms with Gasteiger partial charge in [0.05, 0.1) is 19.6 Å². The third kappa shape index (κ3) is 5.72. The van der Waals surface area contributed by atoms with Gasteiger partial charge in [0.2, 0.25) is 0 Å². The second-order valence-electron chi connectivity index (χ2n) is 4.70. The van der Waals surface area contributed by atoms with Crippen molar-refractivity contribution >= 4 is 19.3 Å². The third-order valence-electron chi connectivity index (χ3n) is 2.77. The van der Waals surface area contributed by atoms with Gasteiger partial charge in [-0.1, -0.05) is 5.57 Å². The van der Waals surface area contributed by atoms with Gasteiger partial charge in [-0.2, -0.15) is 0 Å². The first kappa shape index (κ1) is 18.6. The number of esters is 1. The molecule has 0 aromatic rings. The summed E-state index contributed by atoms with van der Waals surface area (Å²) in [6.07, 6.45) is 4.82. The molecule has 1 aliphatic carbocycles. The molecule has 0 amide bonds. The molecule has 0 aromatic carbocycles. The molecule has 0 unspecified atom stereocenters. The van der Waals surface area contributed by atoms with Crippen molar-refractivity contribution < 1.29 is 27.9 Å². The van der Waals surface area contributed by atoms with Gasteiger partial charge in [0.1, 0.15) is 5.76 Å². The molecule has 1 aliphatic heterocycles. The Hall–Kier alpha value is -1.49. The van der Waals surface area contributed by atoms with Crippen LogP contribution >= 0.6 is 7.60 Å². The van der Waals surface area contributed by atoms with Gasteiger partial charge in [-0.15, -0.1) is 0 Å². The van der Waals surface area contributed by atoms with Crippen molar-refractivity contribution in [3.05, 3.63) is 35.1 Å². The molecule has 2 aliphatic rings. The Morgan fingerprint density at radius 2 is 1.77 bits per heavy atom. The second kappa shape index (κ2) is 8.22. The number of hydrogen-bond donors (Lipinski definition) is 0. The number of ether oxygens (including phenoxy) is 1. The quantitative estimate of drug-likeness (QED) is 0.582. The summed E-state index contributed by atoms with van der Waals surface area (Å²) < 4.78 is 25.5. The molecule has 6 nitrogen and oxygen atoms in total. The van der Waals surface area contributed by atoms with Crippen LogP contribution in [-0.4, -0.2) is 31.6 Å². The minimum absolute atomic E-state index is 0.138. The summed E-state index contributed by atoms with van der Waals surface area (Å²) in [6, 6.07) is 0. The lowest BCUT2D eigenvalue weighted by molar-refractivity contribution is -0.139. The van der Waals surface area contributed by atoms with E-state index in [4.69, 9.17) is 13.8 Å². The number of allylic oxidation sites excluding steroid dienone is 3. The first-order valence-corrected chi connectivity index (χ1v) is 8.99. The molecular formula is C15H21O6P. The molecule has 7 heteroatoms. The standard InChI is InChI=1S/C10H8O3.C5H13O3P/c1-6-4-10(12)13-9-5-7(11)2-3-8(6)9;1-4-7-9(3,6)8-5-2/h2-3,5H,4H2,1H3;4-5H2,1-3H3. The Morgan fingerprint density at radius 1 is 1.18 bits per heavy atom. The molecule has 0 fully saturated rings. The molecule has 0 atom stereocenters. The van der Waals surface area contributed by atoms with Gasteiger partial charge in [-0.25, -0.2) is 0 Å². The Labute approximate surface area is 130 Å². The van der Waals surface area contributed by atoms with Gasteiger partial charge < -0.3 is 13.8 Å². The largest absolute Gasteiger partial charge is 0.426 e. The molecule has 0 N–H and O–H groups in total. The number of carbonyl (C=O) groups excluding carboxylic acids is 2. The molecule has 0 radical (unpaired) electrons. The lowest BCUT2D eigenvalue weighted by Gasteiger charge is -2.19. The zero-order chi connectivity index (χ0) is 16.8. The summed E-state index contributed by atoms with van der Waals surface area (Å²) in [5.41, 5.74) is 1.81. The van der Waals surface area contributed by atoms with E-state index >= 15 is 0 Å². The van der Waals surface area contributed by atoms with Crippen molar-refractivity contribution in [2.75, 3.05) is 19.9 Å². The van der Waals surface area contributed by atoms with Crippen LogP contribution in [0.25, 0.3) is 0 Å². The number of rotatable bonds is 4. The normalized spacial score (nSPS) is 17.4. The molecule has 0 bridgehead atoms. The molecule has 0 saturated heterocycles. The van der Waals surface area contributed by atoms with Crippen molar-refractivity contribution in [1.29, 1.82) is 0 Å². The maximum absolute atomic E-state index is 11.0. The van der Waals surface area contributed by atoms with E-state index in [1.807, 2.05) is 6.92 Å². The van der Waals surface area contributed by atoms with Gasteiger partial charge >= 0.3 is 13.6 Å². The smallest absolute Gasteiger partial charge is 0.327 e. The van der Waals surface area contributed by atoms with Crippen LogP contribution in [0.4, 0.5) is 0 Å². The van der Waals surface area contributed by atoms with Crippen LogP contribution in [0.3, 0.4) is 0 Å². The van der Waals surface area contributed by atoms with Gasteiger partial charge in [0.25, 0.3) is 0 Å². The SMILES string of the molecule is CC1=C2C=CC(=O)C=C2OC(=O)C1.CCOP(C)(=O)OCC. The zero-order valence-corrected chi connectivity index (χ0v) is 14.1. The molecule has 1 heterocycles. The molecule has 122 valence electrons.